The molecule has 1 aliphatic heterocycles. The zero-order valence-electron chi connectivity index (χ0n) is 14.1. The number of carbonyl (C=O) groups excluding carboxylic acids is 2. The number of likely N-dealkylation sites (tertiary alicyclic amines) is 1. The summed E-state index contributed by atoms with van der Waals surface area (Å²) >= 11 is 0. The SMILES string of the molecule is CC(C)(C)CNC(=O)c1nc[nH]c1C(=O)N1CCCC(CO)C1. The van der Waals surface area contributed by atoms with E-state index in [1.54, 1.807) is 4.90 Å². The lowest BCUT2D eigenvalue weighted by Crippen LogP contribution is -2.42. The normalized spacial score (nSPS) is 18.8. The number of aromatic nitrogens is 2. The molecular weight excluding hydrogens is 296 g/mol. The molecule has 7 heteroatoms. The molecule has 0 aromatic carbocycles. The highest BCUT2D eigenvalue weighted by atomic mass is 16.3. The molecule has 1 aromatic rings. The molecule has 23 heavy (non-hydrogen) atoms. The van der Waals surface area contributed by atoms with Gasteiger partial charge in [-0.2, -0.15) is 0 Å². The second-order valence-corrected chi connectivity index (χ2v) is 7.31. The third-order valence-corrected chi connectivity index (χ3v) is 3.91. The average molecular weight is 322 g/mol. The van der Waals surface area contributed by atoms with Crippen molar-refractivity contribution in [2.75, 3.05) is 26.2 Å². The summed E-state index contributed by atoms with van der Waals surface area (Å²) in [4.78, 5) is 33.4. The predicted molar refractivity (Wildman–Crippen MR) is 86.1 cm³/mol. The number of H-pyrrole nitrogens is 1. The maximum absolute atomic E-state index is 12.6. The molecule has 0 aliphatic carbocycles. The molecule has 2 rings (SSSR count). The van der Waals surface area contributed by atoms with Gasteiger partial charge in [0.05, 0.1) is 6.33 Å². The molecule has 2 heterocycles. The largest absolute Gasteiger partial charge is 0.396 e. The van der Waals surface area contributed by atoms with E-state index in [4.69, 9.17) is 0 Å². The lowest BCUT2D eigenvalue weighted by Gasteiger charge is -2.31. The Bertz CT molecular complexity index is 562. The maximum atomic E-state index is 12.6. The molecule has 7 nitrogen and oxygen atoms in total. The van der Waals surface area contributed by atoms with E-state index in [1.165, 1.54) is 6.33 Å². The molecule has 1 saturated heterocycles. The van der Waals surface area contributed by atoms with Crippen LogP contribution in [0, 0.1) is 11.3 Å². The van der Waals surface area contributed by atoms with Gasteiger partial charge in [0, 0.05) is 26.2 Å². The van der Waals surface area contributed by atoms with E-state index in [0.717, 1.165) is 12.8 Å². The molecular formula is C16H26N4O3. The highest BCUT2D eigenvalue weighted by Gasteiger charge is 2.28. The monoisotopic (exact) mass is 322 g/mol. The van der Waals surface area contributed by atoms with Crippen LogP contribution in [0.2, 0.25) is 0 Å². The third kappa shape index (κ3) is 4.54. The minimum atomic E-state index is -0.347. The summed E-state index contributed by atoms with van der Waals surface area (Å²) < 4.78 is 0. The van der Waals surface area contributed by atoms with Crippen molar-refractivity contribution in [2.24, 2.45) is 11.3 Å². The van der Waals surface area contributed by atoms with Gasteiger partial charge in [0.2, 0.25) is 0 Å². The van der Waals surface area contributed by atoms with Crippen LogP contribution in [-0.2, 0) is 0 Å². The summed E-state index contributed by atoms with van der Waals surface area (Å²) in [6.45, 7) is 7.79. The highest BCUT2D eigenvalue weighted by molar-refractivity contribution is 6.04. The van der Waals surface area contributed by atoms with Gasteiger partial charge in [0.1, 0.15) is 5.69 Å². The van der Waals surface area contributed by atoms with E-state index in [-0.39, 0.29) is 41.1 Å². The van der Waals surface area contributed by atoms with Crippen molar-refractivity contribution >= 4 is 11.8 Å². The van der Waals surface area contributed by atoms with Crippen molar-refractivity contribution in [1.29, 1.82) is 0 Å². The Morgan fingerprint density at radius 3 is 2.87 bits per heavy atom. The first-order valence-electron chi connectivity index (χ1n) is 8.03. The van der Waals surface area contributed by atoms with Crippen molar-refractivity contribution in [1.82, 2.24) is 20.2 Å². The highest BCUT2D eigenvalue weighted by Crippen LogP contribution is 2.19. The first-order chi connectivity index (χ1) is 10.8. The van der Waals surface area contributed by atoms with Crippen LogP contribution in [0.15, 0.2) is 6.33 Å². The van der Waals surface area contributed by atoms with Crippen LogP contribution >= 0.6 is 0 Å². The van der Waals surface area contributed by atoms with Crippen LogP contribution in [-0.4, -0.2) is 58.0 Å². The number of piperidine rings is 1. The summed E-state index contributed by atoms with van der Waals surface area (Å²) in [5, 5.41) is 12.1. The Kier molecular flexibility index (Phi) is 5.41. The van der Waals surface area contributed by atoms with Gasteiger partial charge in [-0.15, -0.1) is 0 Å². The van der Waals surface area contributed by atoms with Crippen molar-refractivity contribution in [2.45, 2.75) is 33.6 Å². The fraction of sp³-hybridized carbons (Fsp3) is 0.688. The number of rotatable bonds is 4. The van der Waals surface area contributed by atoms with E-state index < -0.39 is 0 Å². The lowest BCUT2D eigenvalue weighted by molar-refractivity contribution is 0.0611. The second-order valence-electron chi connectivity index (χ2n) is 7.31. The summed E-state index contributed by atoms with van der Waals surface area (Å²) in [6.07, 6.45) is 3.14. The van der Waals surface area contributed by atoms with E-state index in [0.29, 0.717) is 19.6 Å². The number of nitrogens with zero attached hydrogens (tertiary/aromatic N) is 2. The smallest absolute Gasteiger partial charge is 0.272 e. The van der Waals surface area contributed by atoms with Crippen LogP contribution in [0.3, 0.4) is 0 Å². The average Bonchev–Trinajstić information content (AvgIpc) is 3.00. The van der Waals surface area contributed by atoms with Crippen LogP contribution in [0.25, 0.3) is 0 Å². The van der Waals surface area contributed by atoms with Gasteiger partial charge in [0.25, 0.3) is 11.8 Å². The molecule has 1 aliphatic rings. The van der Waals surface area contributed by atoms with Gasteiger partial charge in [-0.25, -0.2) is 4.98 Å². The van der Waals surface area contributed by atoms with E-state index >= 15 is 0 Å². The topological polar surface area (TPSA) is 98.3 Å². The second kappa shape index (κ2) is 7.12. The van der Waals surface area contributed by atoms with Gasteiger partial charge < -0.3 is 20.3 Å². The molecule has 0 radical (unpaired) electrons. The number of nitrogens with one attached hydrogen (secondary N) is 2. The Labute approximate surface area is 136 Å². The van der Waals surface area contributed by atoms with Crippen LogP contribution in [0.5, 0.6) is 0 Å². The predicted octanol–water partition coefficient (Wildman–Crippen LogP) is 1.03. The van der Waals surface area contributed by atoms with E-state index in [1.807, 2.05) is 20.8 Å². The molecule has 1 fully saturated rings. The Morgan fingerprint density at radius 1 is 1.48 bits per heavy atom. The fourth-order valence-electron chi connectivity index (χ4n) is 2.62. The van der Waals surface area contributed by atoms with Gasteiger partial charge in [0.15, 0.2) is 5.69 Å². The van der Waals surface area contributed by atoms with Gasteiger partial charge in [-0.3, -0.25) is 9.59 Å². The first-order valence-corrected chi connectivity index (χ1v) is 8.03. The van der Waals surface area contributed by atoms with Gasteiger partial charge in [-0.05, 0) is 24.2 Å². The molecule has 1 atom stereocenters. The minimum Gasteiger partial charge on any atom is -0.396 e. The molecule has 1 unspecified atom stereocenters. The minimum absolute atomic E-state index is 0.0443. The molecule has 0 saturated carbocycles. The quantitative estimate of drug-likeness (QED) is 0.771. The third-order valence-electron chi connectivity index (χ3n) is 3.91. The molecule has 0 bridgehead atoms. The van der Waals surface area contributed by atoms with E-state index in [2.05, 4.69) is 15.3 Å². The fourth-order valence-corrected chi connectivity index (χ4v) is 2.62. The van der Waals surface area contributed by atoms with Crippen LogP contribution in [0.1, 0.15) is 54.6 Å². The number of aromatic amines is 1. The molecule has 3 N–H and O–H groups in total. The number of imidazole rings is 1. The van der Waals surface area contributed by atoms with Crippen LogP contribution in [0.4, 0.5) is 0 Å². The number of carbonyl (C=O) groups is 2. The molecule has 1 aromatic heterocycles. The Morgan fingerprint density at radius 2 is 2.22 bits per heavy atom. The summed E-state index contributed by atoms with van der Waals surface area (Å²) in [7, 11) is 0. The molecule has 0 spiro atoms. The summed E-state index contributed by atoms with van der Waals surface area (Å²) in [5.74, 6) is -0.476. The summed E-state index contributed by atoms with van der Waals surface area (Å²) in [5.41, 5.74) is 0.303. The number of aliphatic hydroxyl groups is 1. The molecule has 128 valence electrons. The first kappa shape index (κ1) is 17.5. The Balaban J connectivity index is 2.07. The standard InChI is InChI=1S/C16H26N4O3/c1-16(2,3)9-17-14(22)12-13(19-10-18-12)15(23)20-6-4-5-11(7-20)8-21/h10-11,21H,4-9H2,1-3H3,(H,17,22)(H,18,19). The summed E-state index contributed by atoms with van der Waals surface area (Å²) in [6, 6.07) is 0. The zero-order chi connectivity index (χ0) is 17.0. The number of hydrogen-bond donors (Lipinski definition) is 3. The number of amides is 2. The van der Waals surface area contributed by atoms with Crippen molar-refractivity contribution < 1.29 is 14.7 Å². The lowest BCUT2D eigenvalue weighted by atomic mass is 9.97. The van der Waals surface area contributed by atoms with Crippen molar-refractivity contribution in [3.8, 4) is 0 Å². The van der Waals surface area contributed by atoms with Crippen molar-refractivity contribution in [3.05, 3.63) is 17.7 Å². The maximum Gasteiger partial charge on any atom is 0.272 e. The van der Waals surface area contributed by atoms with Gasteiger partial charge >= 0.3 is 0 Å². The Hall–Kier alpha value is -1.89. The van der Waals surface area contributed by atoms with E-state index in [9.17, 15) is 14.7 Å². The van der Waals surface area contributed by atoms with Gasteiger partial charge in [-0.1, -0.05) is 20.8 Å². The van der Waals surface area contributed by atoms with Crippen LogP contribution < -0.4 is 5.32 Å². The van der Waals surface area contributed by atoms with Crippen molar-refractivity contribution in [3.63, 3.8) is 0 Å². The molecule has 2 amide bonds. The number of hydrogen-bond acceptors (Lipinski definition) is 4. The zero-order valence-corrected chi connectivity index (χ0v) is 14.1. The number of aliphatic hydroxyl groups excluding tert-OH is 1.